The molecule has 2 N–H and O–H groups in total. The molecule has 0 radical (unpaired) electrons. The van der Waals surface area contributed by atoms with Gasteiger partial charge in [0.25, 0.3) is 0 Å². The van der Waals surface area contributed by atoms with Crippen LogP contribution in [0, 0.1) is 5.92 Å². The van der Waals surface area contributed by atoms with Gasteiger partial charge in [0.05, 0.1) is 18.8 Å². The highest BCUT2D eigenvalue weighted by molar-refractivity contribution is 6.74. The van der Waals surface area contributed by atoms with Crippen LogP contribution in [-0.2, 0) is 18.8 Å². The number of nitrogens with one attached hydrogen (secondary N) is 2. The van der Waals surface area contributed by atoms with Crippen molar-refractivity contribution < 1.29 is 18.8 Å². The summed E-state index contributed by atoms with van der Waals surface area (Å²) in [4.78, 5) is 25.0. The Morgan fingerprint density at radius 3 is 2.54 bits per heavy atom. The largest absolute Gasteiger partial charge is 0.464 e. The zero-order valence-electron chi connectivity index (χ0n) is 17.0. The number of hydrogen-bond donors (Lipinski definition) is 2. The van der Waals surface area contributed by atoms with E-state index >= 15 is 0 Å². The molecule has 4 unspecified atom stereocenters. The van der Waals surface area contributed by atoms with Crippen LogP contribution in [-0.4, -0.2) is 51.0 Å². The van der Waals surface area contributed by atoms with Crippen LogP contribution in [0.3, 0.4) is 0 Å². The summed E-state index contributed by atoms with van der Waals surface area (Å²) in [6.07, 6.45) is 2.91. The maximum absolute atomic E-state index is 12.7. The zero-order chi connectivity index (χ0) is 19.8. The summed E-state index contributed by atoms with van der Waals surface area (Å²) in [6.45, 7) is 17.5. The second kappa shape index (κ2) is 7.44. The molecular formula is C19H34N2O4Si. The molecule has 1 aliphatic heterocycles. The van der Waals surface area contributed by atoms with Crippen LogP contribution in [0.5, 0.6) is 0 Å². The van der Waals surface area contributed by atoms with Crippen LogP contribution in [0.4, 0.5) is 0 Å². The third-order valence-corrected chi connectivity index (χ3v) is 10.5. The van der Waals surface area contributed by atoms with Gasteiger partial charge < -0.3 is 19.8 Å². The van der Waals surface area contributed by atoms with E-state index in [1.807, 2.05) is 0 Å². The smallest absolute Gasteiger partial charge is 0.332 e. The molecule has 2 fully saturated rings. The van der Waals surface area contributed by atoms with Gasteiger partial charge in [0.1, 0.15) is 5.54 Å². The van der Waals surface area contributed by atoms with Gasteiger partial charge in [0.2, 0.25) is 5.91 Å². The molecule has 0 aromatic carbocycles. The van der Waals surface area contributed by atoms with E-state index in [2.05, 4.69) is 51.1 Å². The predicted molar refractivity (Wildman–Crippen MR) is 104 cm³/mol. The number of ether oxygens (including phenoxy) is 1. The first-order chi connectivity index (χ1) is 12.0. The highest BCUT2D eigenvalue weighted by Crippen LogP contribution is 2.45. The number of rotatable bonds is 7. The van der Waals surface area contributed by atoms with E-state index in [1.54, 1.807) is 13.0 Å². The average molecular weight is 383 g/mol. The number of hydrogen-bond acceptors (Lipinski definition) is 5. The molecule has 148 valence electrons. The van der Waals surface area contributed by atoms with Crippen LogP contribution in [0.1, 0.15) is 40.5 Å². The van der Waals surface area contributed by atoms with Crippen molar-refractivity contribution in [2.75, 3.05) is 13.2 Å². The fourth-order valence-electron chi connectivity index (χ4n) is 3.15. The molecule has 1 heterocycles. The van der Waals surface area contributed by atoms with Crippen molar-refractivity contribution >= 4 is 20.2 Å². The summed E-state index contributed by atoms with van der Waals surface area (Å²) in [5.74, 6) is -0.597. The van der Waals surface area contributed by atoms with Crippen molar-refractivity contribution in [3.05, 3.63) is 12.7 Å². The Balaban J connectivity index is 1.95. The molecule has 6 nitrogen and oxygen atoms in total. The Bertz CT molecular complexity index is 572. The lowest BCUT2D eigenvalue weighted by Crippen LogP contribution is -2.51. The van der Waals surface area contributed by atoms with Gasteiger partial charge in [-0.25, -0.2) is 4.79 Å². The summed E-state index contributed by atoms with van der Waals surface area (Å²) in [7, 11) is -1.87. The van der Waals surface area contributed by atoms with Crippen LogP contribution in [0.15, 0.2) is 12.7 Å². The van der Waals surface area contributed by atoms with Crippen LogP contribution in [0.2, 0.25) is 18.1 Å². The second-order valence-electron chi connectivity index (χ2n) is 8.92. The van der Waals surface area contributed by atoms with Crippen molar-refractivity contribution in [3.8, 4) is 0 Å². The first-order valence-corrected chi connectivity index (χ1v) is 12.4. The molecule has 0 bridgehead atoms. The lowest BCUT2D eigenvalue weighted by Gasteiger charge is -2.38. The number of carbonyl (C=O) groups is 2. The van der Waals surface area contributed by atoms with E-state index in [4.69, 9.17) is 9.16 Å². The van der Waals surface area contributed by atoms with Crippen LogP contribution < -0.4 is 10.6 Å². The molecule has 26 heavy (non-hydrogen) atoms. The van der Waals surface area contributed by atoms with Crippen molar-refractivity contribution in [3.63, 3.8) is 0 Å². The van der Waals surface area contributed by atoms with E-state index in [0.717, 1.165) is 0 Å². The van der Waals surface area contributed by atoms with Crippen LogP contribution >= 0.6 is 0 Å². The maximum Gasteiger partial charge on any atom is 0.332 e. The molecule has 2 rings (SSSR count). The van der Waals surface area contributed by atoms with Gasteiger partial charge in [-0.15, -0.1) is 6.58 Å². The lowest BCUT2D eigenvalue weighted by molar-refractivity contribution is -0.149. The fourth-order valence-corrected chi connectivity index (χ4v) is 4.52. The maximum atomic E-state index is 12.7. The predicted octanol–water partition coefficient (Wildman–Crippen LogP) is 2.36. The minimum absolute atomic E-state index is 0.0274. The molecule has 1 amide bonds. The molecule has 1 saturated heterocycles. The van der Waals surface area contributed by atoms with Gasteiger partial charge in [-0.2, -0.15) is 0 Å². The molecular weight excluding hydrogens is 348 g/mol. The van der Waals surface area contributed by atoms with E-state index in [9.17, 15) is 9.59 Å². The molecule has 4 atom stereocenters. The van der Waals surface area contributed by atoms with Gasteiger partial charge in [-0.05, 0) is 37.9 Å². The first kappa shape index (κ1) is 21.1. The van der Waals surface area contributed by atoms with Gasteiger partial charge >= 0.3 is 5.97 Å². The summed E-state index contributed by atoms with van der Waals surface area (Å²) >= 11 is 0. The normalized spacial score (nSPS) is 31.4. The topological polar surface area (TPSA) is 76.7 Å². The van der Waals surface area contributed by atoms with E-state index in [-0.39, 0.29) is 35.0 Å². The highest BCUT2D eigenvalue weighted by atomic mass is 28.4. The molecule has 0 aromatic heterocycles. The third kappa shape index (κ3) is 4.21. The number of esters is 1. The van der Waals surface area contributed by atoms with Crippen molar-refractivity contribution in [1.29, 1.82) is 0 Å². The van der Waals surface area contributed by atoms with Gasteiger partial charge in [0, 0.05) is 12.5 Å². The zero-order valence-corrected chi connectivity index (χ0v) is 18.0. The highest BCUT2D eigenvalue weighted by Gasteiger charge is 2.61. The standard InChI is InChI=1S/C19H34N2O4Si/c1-8-13-11-19(13,17(23)24-9-2)21-16(22)15-10-14(12-20-15)25-26(6,7)18(3,4)5/h8,13-15,20H,1,9-12H2,2-7H3,(H,21,22). The number of carbonyl (C=O) groups excluding carboxylic acids is 2. The monoisotopic (exact) mass is 382 g/mol. The summed E-state index contributed by atoms with van der Waals surface area (Å²) in [5.41, 5.74) is -0.936. The Hall–Kier alpha value is -1.18. The van der Waals surface area contributed by atoms with E-state index in [1.165, 1.54) is 0 Å². The Morgan fingerprint density at radius 1 is 1.38 bits per heavy atom. The average Bonchev–Trinajstić information content (AvgIpc) is 3.05. The van der Waals surface area contributed by atoms with Gasteiger partial charge in [-0.3, -0.25) is 4.79 Å². The summed E-state index contributed by atoms with van der Waals surface area (Å²) in [6, 6.07) is -0.345. The Kier molecular flexibility index (Phi) is 6.05. The summed E-state index contributed by atoms with van der Waals surface area (Å²) in [5, 5.41) is 6.29. The molecule has 0 aromatic rings. The third-order valence-electron chi connectivity index (χ3n) is 5.96. The summed E-state index contributed by atoms with van der Waals surface area (Å²) < 4.78 is 11.6. The Morgan fingerprint density at radius 2 is 2.04 bits per heavy atom. The SMILES string of the molecule is C=CC1CC1(NC(=O)C1CC(O[Si](C)(C)C(C)(C)C)CN1)C(=O)OCC. The quantitative estimate of drug-likeness (QED) is 0.402. The minimum Gasteiger partial charge on any atom is -0.464 e. The van der Waals surface area contributed by atoms with Gasteiger partial charge in [-0.1, -0.05) is 26.8 Å². The van der Waals surface area contributed by atoms with E-state index in [0.29, 0.717) is 26.0 Å². The van der Waals surface area contributed by atoms with Crippen molar-refractivity contribution in [1.82, 2.24) is 10.6 Å². The van der Waals surface area contributed by atoms with E-state index < -0.39 is 13.9 Å². The van der Waals surface area contributed by atoms with Crippen molar-refractivity contribution in [2.24, 2.45) is 5.92 Å². The molecule has 1 saturated carbocycles. The van der Waals surface area contributed by atoms with Crippen LogP contribution in [0.25, 0.3) is 0 Å². The van der Waals surface area contributed by atoms with Gasteiger partial charge in [0.15, 0.2) is 8.32 Å². The number of amides is 1. The van der Waals surface area contributed by atoms with Crippen molar-refractivity contribution in [2.45, 2.75) is 76.4 Å². The molecule has 0 spiro atoms. The molecule has 1 aliphatic carbocycles. The molecule has 2 aliphatic rings. The minimum atomic E-state index is -1.87. The first-order valence-electron chi connectivity index (χ1n) is 9.50. The molecule has 7 heteroatoms. The lowest BCUT2D eigenvalue weighted by atomic mass is 10.1. The fraction of sp³-hybridized carbons (Fsp3) is 0.789. The second-order valence-corrected chi connectivity index (χ2v) is 13.7. The Labute approximate surface area is 158 Å².